The number of aromatic nitrogens is 1. The number of para-hydroxylation sites is 1. The van der Waals surface area contributed by atoms with Crippen LogP contribution >= 0.6 is 0 Å². The topological polar surface area (TPSA) is 45.6 Å². The summed E-state index contributed by atoms with van der Waals surface area (Å²) in [6.45, 7) is 6.79. The summed E-state index contributed by atoms with van der Waals surface area (Å²) >= 11 is 0. The van der Waals surface area contributed by atoms with Crippen LogP contribution in [0.3, 0.4) is 0 Å². The standard InChI is InChI=1S/C24H27N3O2/c1-3-19-8-10-20(11-9-19)24(29)26-14-12-25(13-15-26)23(28)17-27-18(2)16-21-6-4-5-7-22(21)27/h4-11,16H,3,12-15,17H2,1-2H3. The smallest absolute Gasteiger partial charge is 0.253 e. The highest BCUT2D eigenvalue weighted by atomic mass is 16.2. The van der Waals surface area contributed by atoms with Crippen LogP contribution in [0.1, 0.15) is 28.5 Å². The average molecular weight is 389 g/mol. The maximum atomic E-state index is 12.9. The normalized spacial score (nSPS) is 14.4. The van der Waals surface area contributed by atoms with Gasteiger partial charge in [-0.2, -0.15) is 0 Å². The molecule has 1 aliphatic heterocycles. The molecule has 0 aliphatic carbocycles. The van der Waals surface area contributed by atoms with Crippen LogP contribution in [0, 0.1) is 6.92 Å². The van der Waals surface area contributed by atoms with Crippen LogP contribution in [0.2, 0.25) is 0 Å². The fraction of sp³-hybridized carbons (Fsp3) is 0.333. The molecule has 0 spiro atoms. The fourth-order valence-electron chi connectivity index (χ4n) is 4.02. The van der Waals surface area contributed by atoms with Crippen LogP contribution in [-0.4, -0.2) is 52.4 Å². The molecule has 2 aromatic carbocycles. The summed E-state index contributed by atoms with van der Waals surface area (Å²) < 4.78 is 2.07. The molecule has 0 saturated carbocycles. The fourth-order valence-corrected chi connectivity index (χ4v) is 4.02. The Morgan fingerprint density at radius 3 is 2.24 bits per heavy atom. The molecule has 2 amide bonds. The van der Waals surface area contributed by atoms with Crippen LogP contribution in [-0.2, 0) is 17.8 Å². The van der Waals surface area contributed by atoms with Crippen molar-refractivity contribution in [3.8, 4) is 0 Å². The van der Waals surface area contributed by atoms with E-state index in [-0.39, 0.29) is 11.8 Å². The summed E-state index contributed by atoms with van der Waals surface area (Å²) in [6, 6.07) is 18.1. The van der Waals surface area contributed by atoms with Gasteiger partial charge in [-0.25, -0.2) is 0 Å². The number of carbonyl (C=O) groups excluding carboxylic acids is 2. The van der Waals surface area contributed by atoms with Crippen LogP contribution in [0.4, 0.5) is 0 Å². The minimum Gasteiger partial charge on any atom is -0.338 e. The molecule has 0 bridgehead atoms. The first-order valence-electron chi connectivity index (χ1n) is 10.3. The number of benzene rings is 2. The number of hydrogen-bond donors (Lipinski definition) is 0. The van der Waals surface area contributed by atoms with E-state index in [1.54, 1.807) is 0 Å². The van der Waals surface area contributed by atoms with Crippen molar-refractivity contribution in [3.05, 3.63) is 71.4 Å². The first kappa shape index (κ1) is 19.2. The molecule has 29 heavy (non-hydrogen) atoms. The van der Waals surface area contributed by atoms with Crippen molar-refractivity contribution < 1.29 is 9.59 Å². The molecule has 150 valence electrons. The van der Waals surface area contributed by atoms with Gasteiger partial charge in [0, 0.05) is 43.0 Å². The van der Waals surface area contributed by atoms with Gasteiger partial charge in [0.2, 0.25) is 5.91 Å². The monoisotopic (exact) mass is 389 g/mol. The molecule has 1 saturated heterocycles. The van der Waals surface area contributed by atoms with Crippen LogP contribution in [0.15, 0.2) is 54.6 Å². The predicted octanol–water partition coefficient (Wildman–Crippen LogP) is 3.50. The van der Waals surface area contributed by atoms with Crippen molar-refractivity contribution in [2.45, 2.75) is 26.8 Å². The van der Waals surface area contributed by atoms with Crippen molar-refractivity contribution in [1.82, 2.24) is 14.4 Å². The van der Waals surface area contributed by atoms with Crippen molar-refractivity contribution in [2.24, 2.45) is 0 Å². The second kappa shape index (κ2) is 8.11. The van der Waals surface area contributed by atoms with E-state index in [1.807, 2.05) is 53.1 Å². The molecular weight excluding hydrogens is 362 g/mol. The Morgan fingerprint density at radius 2 is 1.55 bits per heavy atom. The maximum Gasteiger partial charge on any atom is 0.253 e. The second-order valence-corrected chi connectivity index (χ2v) is 7.65. The Labute approximate surface area is 171 Å². The van der Waals surface area contributed by atoms with E-state index in [0.29, 0.717) is 32.7 Å². The molecule has 1 aromatic heterocycles. The van der Waals surface area contributed by atoms with E-state index in [9.17, 15) is 9.59 Å². The number of aryl methyl sites for hydroxylation is 2. The number of hydrogen-bond acceptors (Lipinski definition) is 2. The molecule has 1 aliphatic rings. The maximum absolute atomic E-state index is 12.9. The van der Waals surface area contributed by atoms with Crippen LogP contribution < -0.4 is 0 Å². The van der Waals surface area contributed by atoms with Gasteiger partial charge in [0.1, 0.15) is 6.54 Å². The molecule has 0 atom stereocenters. The molecule has 2 heterocycles. The van der Waals surface area contributed by atoms with Gasteiger partial charge in [-0.15, -0.1) is 0 Å². The number of rotatable bonds is 4. The first-order valence-corrected chi connectivity index (χ1v) is 10.3. The number of fused-ring (bicyclic) bond motifs is 1. The average Bonchev–Trinajstić information content (AvgIpc) is 3.08. The third-order valence-electron chi connectivity index (χ3n) is 5.84. The number of amides is 2. The Hall–Kier alpha value is -3.08. The molecule has 5 heteroatoms. The van der Waals surface area contributed by atoms with Gasteiger partial charge >= 0.3 is 0 Å². The van der Waals surface area contributed by atoms with Gasteiger partial charge in [-0.3, -0.25) is 9.59 Å². The lowest BCUT2D eigenvalue weighted by Crippen LogP contribution is -2.51. The molecule has 0 N–H and O–H groups in total. The predicted molar refractivity (Wildman–Crippen MR) is 115 cm³/mol. The lowest BCUT2D eigenvalue weighted by atomic mass is 10.1. The zero-order valence-electron chi connectivity index (χ0n) is 17.1. The van der Waals surface area contributed by atoms with Crippen LogP contribution in [0.25, 0.3) is 10.9 Å². The summed E-state index contributed by atoms with van der Waals surface area (Å²) in [5, 5.41) is 1.15. The third-order valence-corrected chi connectivity index (χ3v) is 5.84. The summed E-state index contributed by atoms with van der Waals surface area (Å²) in [6.07, 6.45) is 0.964. The molecule has 1 fully saturated rings. The van der Waals surface area contributed by atoms with Gasteiger partial charge in [0.25, 0.3) is 5.91 Å². The van der Waals surface area contributed by atoms with E-state index >= 15 is 0 Å². The van der Waals surface area contributed by atoms with Crippen LogP contribution in [0.5, 0.6) is 0 Å². The summed E-state index contributed by atoms with van der Waals surface area (Å²) in [7, 11) is 0. The van der Waals surface area contributed by atoms with Crippen molar-refractivity contribution in [3.63, 3.8) is 0 Å². The van der Waals surface area contributed by atoms with Crippen molar-refractivity contribution in [2.75, 3.05) is 26.2 Å². The molecular formula is C24H27N3O2. The Balaban J connectivity index is 1.38. The summed E-state index contributed by atoms with van der Waals surface area (Å²) in [4.78, 5) is 29.3. The van der Waals surface area contributed by atoms with E-state index in [2.05, 4.69) is 29.7 Å². The Kier molecular flexibility index (Phi) is 5.38. The molecule has 0 unspecified atom stereocenters. The second-order valence-electron chi connectivity index (χ2n) is 7.65. The van der Waals surface area contributed by atoms with Gasteiger partial charge in [0.15, 0.2) is 0 Å². The SMILES string of the molecule is CCc1ccc(C(=O)N2CCN(C(=O)Cn3c(C)cc4ccccc43)CC2)cc1. The molecule has 0 radical (unpaired) electrons. The highest BCUT2D eigenvalue weighted by Crippen LogP contribution is 2.19. The molecule has 5 nitrogen and oxygen atoms in total. The Morgan fingerprint density at radius 1 is 0.897 bits per heavy atom. The van der Waals surface area contributed by atoms with E-state index < -0.39 is 0 Å². The zero-order chi connectivity index (χ0) is 20.4. The van der Waals surface area contributed by atoms with E-state index in [0.717, 1.165) is 28.6 Å². The van der Waals surface area contributed by atoms with Gasteiger partial charge in [-0.1, -0.05) is 37.3 Å². The Bertz CT molecular complexity index is 1030. The number of piperazine rings is 1. The van der Waals surface area contributed by atoms with Crippen molar-refractivity contribution >= 4 is 22.7 Å². The lowest BCUT2D eigenvalue weighted by molar-refractivity contribution is -0.133. The van der Waals surface area contributed by atoms with Crippen molar-refractivity contribution in [1.29, 1.82) is 0 Å². The molecule has 3 aromatic rings. The lowest BCUT2D eigenvalue weighted by Gasteiger charge is -2.35. The third kappa shape index (κ3) is 3.90. The largest absolute Gasteiger partial charge is 0.338 e. The first-order chi connectivity index (χ1) is 14.1. The minimum absolute atomic E-state index is 0.0481. The minimum atomic E-state index is 0.0481. The number of carbonyl (C=O) groups is 2. The highest BCUT2D eigenvalue weighted by molar-refractivity contribution is 5.94. The highest BCUT2D eigenvalue weighted by Gasteiger charge is 2.25. The van der Waals surface area contributed by atoms with Gasteiger partial charge in [0.05, 0.1) is 0 Å². The number of nitrogens with zero attached hydrogens (tertiary/aromatic N) is 3. The summed E-state index contributed by atoms with van der Waals surface area (Å²) in [5.74, 6) is 0.154. The van der Waals surface area contributed by atoms with E-state index in [1.165, 1.54) is 5.56 Å². The molecule has 4 rings (SSSR count). The zero-order valence-corrected chi connectivity index (χ0v) is 17.1. The quantitative estimate of drug-likeness (QED) is 0.686. The van der Waals surface area contributed by atoms with E-state index in [4.69, 9.17) is 0 Å². The van der Waals surface area contributed by atoms with Gasteiger partial charge < -0.3 is 14.4 Å². The van der Waals surface area contributed by atoms with Gasteiger partial charge in [-0.05, 0) is 48.6 Å². The summed E-state index contributed by atoms with van der Waals surface area (Å²) in [5.41, 5.74) is 4.12.